The molecule has 7 heteroatoms. The average Bonchev–Trinajstić information content (AvgIpc) is 2.65. The summed E-state index contributed by atoms with van der Waals surface area (Å²) >= 11 is 0. The van der Waals surface area contributed by atoms with Gasteiger partial charge < -0.3 is 4.74 Å². The number of hydrogen-bond acceptors (Lipinski definition) is 3. The number of carbonyl (C=O) groups excluding carboxylic acids is 1. The molecule has 1 saturated carbocycles. The number of halogens is 3. The molecule has 0 saturated heterocycles. The summed E-state index contributed by atoms with van der Waals surface area (Å²) in [5, 5.41) is -0.946. The van der Waals surface area contributed by atoms with E-state index < -0.39 is 40.9 Å². The Morgan fingerprint density at radius 3 is 2.63 bits per heavy atom. The Bertz CT molecular complexity index is 671. The summed E-state index contributed by atoms with van der Waals surface area (Å²) < 4.78 is 55.8. The van der Waals surface area contributed by atoms with Crippen molar-refractivity contribution in [2.75, 3.05) is 7.11 Å². The van der Waals surface area contributed by atoms with Crippen LogP contribution in [0.3, 0.4) is 0 Å². The molecule has 3 unspecified atom stereocenters. The summed E-state index contributed by atoms with van der Waals surface area (Å²) in [6, 6.07) is 8.48. The van der Waals surface area contributed by atoms with Crippen LogP contribution in [0.5, 0.6) is 0 Å². The van der Waals surface area contributed by atoms with E-state index in [9.17, 15) is 22.2 Å². The SMILES string of the molecule is CO/C=C1\CCCCC1CC(C(=O)CCC(F)(F)F)S(=O)c1ccccc1. The van der Waals surface area contributed by atoms with E-state index in [2.05, 4.69) is 0 Å². The van der Waals surface area contributed by atoms with Crippen LogP contribution in [0.25, 0.3) is 0 Å². The molecule has 0 N–H and O–H groups in total. The molecule has 0 aliphatic heterocycles. The van der Waals surface area contributed by atoms with Crippen LogP contribution in [0.4, 0.5) is 13.2 Å². The van der Waals surface area contributed by atoms with E-state index >= 15 is 0 Å². The molecule has 1 aromatic carbocycles. The monoisotopic (exact) mass is 402 g/mol. The standard InChI is InChI=1S/C20H25F3O3S/c1-26-14-16-8-6-5-7-15(16)13-19(18(24)11-12-20(21,22)23)27(25)17-9-3-2-4-10-17/h2-4,9-10,14-15,19H,5-8,11-13H2,1H3/b16-14+. The number of methoxy groups -OCH3 is 1. The summed E-state index contributed by atoms with van der Waals surface area (Å²) in [6.45, 7) is 0. The molecule has 27 heavy (non-hydrogen) atoms. The lowest BCUT2D eigenvalue weighted by atomic mass is 9.81. The summed E-state index contributed by atoms with van der Waals surface area (Å²) in [4.78, 5) is 13.1. The Kier molecular flexibility index (Phi) is 8.07. The molecule has 3 nitrogen and oxygen atoms in total. The Labute approximate surface area is 160 Å². The topological polar surface area (TPSA) is 43.4 Å². The predicted molar refractivity (Wildman–Crippen MR) is 98.6 cm³/mol. The molecule has 1 aliphatic rings. The Hall–Kier alpha value is -1.63. The summed E-state index contributed by atoms with van der Waals surface area (Å²) in [5.74, 6) is -0.581. The van der Waals surface area contributed by atoms with Gasteiger partial charge >= 0.3 is 6.18 Å². The van der Waals surface area contributed by atoms with E-state index in [0.717, 1.165) is 31.3 Å². The van der Waals surface area contributed by atoms with Gasteiger partial charge in [0.2, 0.25) is 0 Å². The maximum atomic E-state index is 13.0. The van der Waals surface area contributed by atoms with Gasteiger partial charge in [0, 0.05) is 11.3 Å². The highest BCUT2D eigenvalue weighted by Gasteiger charge is 2.35. The van der Waals surface area contributed by atoms with Crippen LogP contribution in [-0.4, -0.2) is 28.5 Å². The summed E-state index contributed by atoms with van der Waals surface area (Å²) in [7, 11) is -0.137. The number of hydrogen-bond donors (Lipinski definition) is 0. The van der Waals surface area contributed by atoms with Crippen molar-refractivity contribution >= 4 is 16.6 Å². The zero-order valence-electron chi connectivity index (χ0n) is 15.3. The highest BCUT2D eigenvalue weighted by Crippen LogP contribution is 2.35. The molecule has 0 bridgehead atoms. The van der Waals surface area contributed by atoms with Crippen molar-refractivity contribution in [3.05, 3.63) is 42.2 Å². The third kappa shape index (κ3) is 6.79. The molecule has 0 heterocycles. The zero-order valence-corrected chi connectivity index (χ0v) is 16.2. The van der Waals surface area contributed by atoms with Crippen molar-refractivity contribution in [1.29, 1.82) is 0 Å². The number of carbonyl (C=O) groups is 1. The van der Waals surface area contributed by atoms with Crippen LogP contribution >= 0.6 is 0 Å². The normalized spacial score (nSPS) is 21.6. The second-order valence-corrected chi connectivity index (χ2v) is 8.42. The van der Waals surface area contributed by atoms with Gasteiger partial charge in [-0.1, -0.05) is 24.6 Å². The quantitative estimate of drug-likeness (QED) is 0.563. The van der Waals surface area contributed by atoms with E-state index in [1.807, 2.05) is 0 Å². The summed E-state index contributed by atoms with van der Waals surface area (Å²) in [6.07, 6.45) is -0.625. The molecule has 0 amide bonds. The Morgan fingerprint density at radius 2 is 2.00 bits per heavy atom. The third-order valence-corrected chi connectivity index (χ3v) is 6.52. The smallest absolute Gasteiger partial charge is 0.389 e. The van der Waals surface area contributed by atoms with E-state index in [4.69, 9.17) is 4.74 Å². The number of allylic oxidation sites excluding steroid dienone is 1. The zero-order chi connectivity index (χ0) is 19.9. The highest BCUT2D eigenvalue weighted by atomic mass is 32.2. The molecule has 150 valence electrons. The number of benzene rings is 1. The first kappa shape index (κ1) is 21.7. The van der Waals surface area contributed by atoms with Crippen molar-refractivity contribution in [2.24, 2.45) is 5.92 Å². The molecular weight excluding hydrogens is 377 g/mol. The molecule has 1 fully saturated rings. The van der Waals surface area contributed by atoms with E-state index in [1.165, 1.54) is 0 Å². The van der Waals surface area contributed by atoms with Crippen molar-refractivity contribution in [3.8, 4) is 0 Å². The van der Waals surface area contributed by atoms with Gasteiger partial charge in [-0.3, -0.25) is 9.00 Å². The Balaban J connectivity index is 2.21. The maximum absolute atomic E-state index is 13.0. The van der Waals surface area contributed by atoms with Crippen molar-refractivity contribution in [3.63, 3.8) is 0 Å². The van der Waals surface area contributed by atoms with Crippen LogP contribution in [-0.2, 0) is 20.3 Å². The molecule has 1 aliphatic carbocycles. The van der Waals surface area contributed by atoms with Crippen molar-refractivity contribution in [1.82, 2.24) is 0 Å². The number of ether oxygens (including phenoxy) is 1. The number of Topliss-reactive ketones (excluding diaryl/α,β-unsaturated/α-hetero) is 1. The van der Waals surface area contributed by atoms with Crippen LogP contribution < -0.4 is 0 Å². The fourth-order valence-electron chi connectivity index (χ4n) is 3.43. The second-order valence-electron chi connectivity index (χ2n) is 6.79. The minimum Gasteiger partial charge on any atom is -0.504 e. The molecule has 1 aromatic rings. The summed E-state index contributed by atoms with van der Waals surface area (Å²) in [5.41, 5.74) is 1.04. The molecule has 3 atom stereocenters. The Morgan fingerprint density at radius 1 is 1.30 bits per heavy atom. The van der Waals surface area contributed by atoms with Gasteiger partial charge in [-0.2, -0.15) is 13.2 Å². The van der Waals surface area contributed by atoms with E-state index in [0.29, 0.717) is 4.90 Å². The van der Waals surface area contributed by atoms with Crippen LogP contribution in [0.1, 0.15) is 44.9 Å². The lowest BCUT2D eigenvalue weighted by Crippen LogP contribution is -2.31. The average molecular weight is 402 g/mol. The molecule has 2 rings (SSSR count). The first-order valence-electron chi connectivity index (χ1n) is 9.08. The predicted octanol–water partition coefficient (Wildman–Crippen LogP) is 5.19. The van der Waals surface area contributed by atoms with Gasteiger partial charge in [0.05, 0.1) is 35.8 Å². The van der Waals surface area contributed by atoms with E-state index in [-0.39, 0.29) is 12.3 Å². The van der Waals surface area contributed by atoms with Gasteiger partial charge in [-0.15, -0.1) is 0 Å². The first-order valence-corrected chi connectivity index (χ1v) is 10.3. The lowest BCUT2D eigenvalue weighted by molar-refractivity contribution is -0.143. The van der Waals surface area contributed by atoms with Gasteiger partial charge in [0.1, 0.15) is 5.78 Å². The molecule has 0 aromatic heterocycles. The van der Waals surface area contributed by atoms with Crippen molar-refractivity contribution in [2.45, 2.75) is 61.3 Å². The molecule has 0 radical (unpaired) electrons. The molecule has 0 spiro atoms. The first-order chi connectivity index (χ1) is 12.8. The fraction of sp³-hybridized carbons (Fsp3) is 0.550. The van der Waals surface area contributed by atoms with Gasteiger partial charge in [0.25, 0.3) is 0 Å². The second kappa shape index (κ2) is 10.1. The van der Waals surface area contributed by atoms with Gasteiger partial charge in [-0.05, 0) is 49.3 Å². The maximum Gasteiger partial charge on any atom is 0.389 e. The lowest BCUT2D eigenvalue weighted by Gasteiger charge is -2.28. The number of ketones is 1. The number of rotatable bonds is 8. The van der Waals surface area contributed by atoms with Crippen LogP contribution in [0.15, 0.2) is 47.1 Å². The minimum atomic E-state index is -4.40. The molecular formula is C20H25F3O3S. The van der Waals surface area contributed by atoms with E-state index in [1.54, 1.807) is 43.7 Å². The minimum absolute atomic E-state index is 0.00574. The fourth-order valence-corrected chi connectivity index (χ4v) is 4.94. The third-order valence-electron chi connectivity index (χ3n) is 4.81. The largest absolute Gasteiger partial charge is 0.504 e. The van der Waals surface area contributed by atoms with Gasteiger partial charge in [0.15, 0.2) is 0 Å². The van der Waals surface area contributed by atoms with Crippen LogP contribution in [0.2, 0.25) is 0 Å². The van der Waals surface area contributed by atoms with Crippen molar-refractivity contribution < 1.29 is 26.9 Å². The van der Waals surface area contributed by atoms with Gasteiger partial charge in [-0.25, -0.2) is 0 Å². The number of alkyl halides is 3. The van der Waals surface area contributed by atoms with Crippen LogP contribution in [0, 0.1) is 5.92 Å². The highest BCUT2D eigenvalue weighted by molar-refractivity contribution is 7.86.